The van der Waals surface area contributed by atoms with Gasteiger partial charge in [-0.05, 0) is 31.0 Å². The number of carbonyl (C=O) groups is 1. The van der Waals surface area contributed by atoms with Gasteiger partial charge in [0.25, 0.3) is 0 Å². The van der Waals surface area contributed by atoms with Crippen LogP contribution < -0.4 is 5.69 Å². The van der Waals surface area contributed by atoms with Gasteiger partial charge in [0.2, 0.25) is 5.91 Å². The van der Waals surface area contributed by atoms with Gasteiger partial charge in [0.1, 0.15) is 6.33 Å². The number of nitrogens with one attached hydrogen (secondary N) is 1. The van der Waals surface area contributed by atoms with Gasteiger partial charge in [-0.15, -0.1) is 0 Å². The van der Waals surface area contributed by atoms with Gasteiger partial charge in [-0.25, -0.2) is 14.8 Å². The number of para-hydroxylation sites is 2. The predicted octanol–water partition coefficient (Wildman–Crippen LogP) is 1.92. The van der Waals surface area contributed by atoms with Gasteiger partial charge in [0, 0.05) is 43.9 Å². The van der Waals surface area contributed by atoms with Crippen molar-refractivity contribution >= 4 is 16.9 Å². The van der Waals surface area contributed by atoms with Gasteiger partial charge in [0.05, 0.1) is 11.0 Å². The van der Waals surface area contributed by atoms with Crippen LogP contribution in [0.15, 0.2) is 47.7 Å². The van der Waals surface area contributed by atoms with E-state index in [1.165, 1.54) is 0 Å². The molecule has 3 heterocycles. The second-order valence-corrected chi connectivity index (χ2v) is 6.64. The van der Waals surface area contributed by atoms with Crippen molar-refractivity contribution in [1.29, 1.82) is 0 Å². The lowest BCUT2D eigenvalue weighted by atomic mass is 9.93. The van der Waals surface area contributed by atoms with Gasteiger partial charge in [0.15, 0.2) is 0 Å². The Balaban J connectivity index is 1.36. The molecule has 1 aliphatic heterocycles. The Hall–Kier alpha value is -2.96. The Morgan fingerprint density at radius 1 is 1.19 bits per heavy atom. The number of hydrogen-bond acceptors (Lipinski definition) is 4. The molecule has 4 rings (SSSR count). The van der Waals surface area contributed by atoms with Gasteiger partial charge >= 0.3 is 5.69 Å². The van der Waals surface area contributed by atoms with Gasteiger partial charge in [-0.1, -0.05) is 12.1 Å². The summed E-state index contributed by atoms with van der Waals surface area (Å²) in [7, 11) is 0. The predicted molar refractivity (Wildman–Crippen MR) is 97.8 cm³/mol. The van der Waals surface area contributed by atoms with E-state index in [0.717, 1.165) is 42.7 Å². The summed E-state index contributed by atoms with van der Waals surface area (Å²) in [6.45, 7) is 1.86. The van der Waals surface area contributed by atoms with E-state index in [-0.39, 0.29) is 11.6 Å². The molecule has 0 unspecified atom stereocenters. The van der Waals surface area contributed by atoms with Crippen molar-refractivity contribution in [2.45, 2.75) is 31.7 Å². The lowest BCUT2D eigenvalue weighted by molar-refractivity contribution is -0.132. The molecule has 0 aliphatic carbocycles. The number of nitrogens with zero attached hydrogens (tertiary/aromatic N) is 4. The Labute approximate surface area is 150 Å². The second kappa shape index (κ2) is 7.11. The Morgan fingerprint density at radius 3 is 2.77 bits per heavy atom. The van der Waals surface area contributed by atoms with Gasteiger partial charge < -0.3 is 9.88 Å². The maximum absolute atomic E-state index is 12.6. The number of fused-ring (bicyclic) bond motifs is 1. The number of rotatable bonds is 4. The zero-order chi connectivity index (χ0) is 17.9. The molecule has 1 fully saturated rings. The highest BCUT2D eigenvalue weighted by molar-refractivity contribution is 5.77. The summed E-state index contributed by atoms with van der Waals surface area (Å²) in [5.41, 5.74) is 2.53. The van der Waals surface area contributed by atoms with Crippen molar-refractivity contribution in [2.24, 2.45) is 0 Å². The van der Waals surface area contributed by atoms with E-state index in [1.807, 2.05) is 35.2 Å². The summed E-state index contributed by atoms with van der Waals surface area (Å²) in [6, 6.07) is 9.49. The number of amides is 1. The first kappa shape index (κ1) is 16.5. The Morgan fingerprint density at radius 2 is 2.00 bits per heavy atom. The minimum Gasteiger partial charge on any atom is -0.343 e. The molecule has 26 heavy (non-hydrogen) atoms. The molecule has 0 bridgehead atoms. The fraction of sp³-hybridized carbons (Fsp3) is 0.368. The Bertz CT molecular complexity index is 955. The summed E-state index contributed by atoms with van der Waals surface area (Å²) in [4.78, 5) is 37.7. The number of hydrogen-bond donors (Lipinski definition) is 1. The molecule has 7 nitrogen and oxygen atoms in total. The molecule has 1 aromatic carbocycles. The fourth-order valence-corrected chi connectivity index (χ4v) is 3.66. The average Bonchev–Trinajstić information content (AvgIpc) is 3.02. The summed E-state index contributed by atoms with van der Waals surface area (Å²) in [5.74, 6) is 0.488. The van der Waals surface area contributed by atoms with E-state index >= 15 is 0 Å². The lowest BCUT2D eigenvalue weighted by Crippen LogP contribution is -2.38. The number of carbonyl (C=O) groups excluding carboxylic acids is 1. The minimum absolute atomic E-state index is 0.100. The zero-order valence-electron chi connectivity index (χ0n) is 14.5. The standard InChI is InChI=1S/C19H21N5O2/c25-18(8-12-24-17-4-2-1-3-16(17)22-19(24)26)23-10-6-14(7-11-23)15-5-9-20-13-21-15/h1-5,9,13-14H,6-8,10-12H2,(H,22,26). The molecule has 0 saturated carbocycles. The van der Waals surface area contributed by atoms with Crippen molar-refractivity contribution < 1.29 is 4.79 Å². The van der Waals surface area contributed by atoms with E-state index in [1.54, 1.807) is 17.1 Å². The van der Waals surface area contributed by atoms with Gasteiger partial charge in [-0.2, -0.15) is 0 Å². The number of imidazole rings is 1. The molecule has 1 N–H and O–H groups in total. The topological polar surface area (TPSA) is 83.9 Å². The largest absolute Gasteiger partial charge is 0.343 e. The third-order valence-electron chi connectivity index (χ3n) is 5.10. The smallest absolute Gasteiger partial charge is 0.326 e. The van der Waals surface area contributed by atoms with E-state index in [0.29, 0.717) is 18.9 Å². The lowest BCUT2D eigenvalue weighted by Gasteiger charge is -2.31. The third kappa shape index (κ3) is 3.24. The number of aromatic amines is 1. The normalized spacial score (nSPS) is 15.5. The van der Waals surface area contributed by atoms with Crippen molar-refractivity contribution in [1.82, 2.24) is 24.4 Å². The fourth-order valence-electron chi connectivity index (χ4n) is 3.66. The maximum Gasteiger partial charge on any atom is 0.326 e. The molecule has 134 valence electrons. The van der Waals surface area contributed by atoms with E-state index in [4.69, 9.17) is 0 Å². The first-order valence-electron chi connectivity index (χ1n) is 8.93. The van der Waals surface area contributed by atoms with Crippen molar-refractivity contribution in [3.05, 3.63) is 59.0 Å². The molecule has 3 aromatic rings. The van der Waals surface area contributed by atoms with Crippen LogP contribution in [0.3, 0.4) is 0 Å². The molecule has 0 spiro atoms. The monoisotopic (exact) mass is 351 g/mol. The summed E-state index contributed by atoms with van der Waals surface area (Å²) in [6.07, 6.45) is 5.50. The van der Waals surface area contributed by atoms with Crippen LogP contribution >= 0.6 is 0 Å². The second-order valence-electron chi connectivity index (χ2n) is 6.64. The number of aromatic nitrogens is 4. The van der Waals surface area contributed by atoms with Crippen LogP contribution in [0.25, 0.3) is 11.0 Å². The molecular weight excluding hydrogens is 330 g/mol. The number of likely N-dealkylation sites (tertiary alicyclic amines) is 1. The number of aryl methyl sites for hydroxylation is 1. The molecule has 2 aromatic heterocycles. The third-order valence-corrected chi connectivity index (χ3v) is 5.10. The average molecular weight is 351 g/mol. The molecule has 0 atom stereocenters. The summed E-state index contributed by atoms with van der Waals surface area (Å²) in [5, 5.41) is 0. The molecular formula is C19H21N5O2. The SMILES string of the molecule is O=C(CCn1c(=O)[nH]c2ccccc21)N1CCC(c2ccncn2)CC1. The van der Waals surface area contributed by atoms with Crippen molar-refractivity contribution in [3.8, 4) is 0 Å². The van der Waals surface area contributed by atoms with Crippen molar-refractivity contribution in [2.75, 3.05) is 13.1 Å². The number of benzene rings is 1. The summed E-state index contributed by atoms with van der Waals surface area (Å²) >= 11 is 0. The van der Waals surface area contributed by atoms with E-state index < -0.39 is 0 Å². The molecule has 1 saturated heterocycles. The first-order valence-corrected chi connectivity index (χ1v) is 8.93. The zero-order valence-corrected chi connectivity index (χ0v) is 14.5. The van der Waals surface area contributed by atoms with Crippen LogP contribution in [0.5, 0.6) is 0 Å². The highest BCUT2D eigenvalue weighted by atomic mass is 16.2. The van der Waals surface area contributed by atoms with Crippen LogP contribution in [0.4, 0.5) is 0 Å². The minimum atomic E-state index is -0.165. The quantitative estimate of drug-likeness (QED) is 0.778. The van der Waals surface area contributed by atoms with Crippen molar-refractivity contribution in [3.63, 3.8) is 0 Å². The maximum atomic E-state index is 12.6. The van der Waals surface area contributed by atoms with Crippen LogP contribution in [0.1, 0.15) is 30.9 Å². The number of H-pyrrole nitrogens is 1. The molecule has 0 radical (unpaired) electrons. The van der Waals surface area contributed by atoms with Crippen LogP contribution in [0, 0.1) is 0 Å². The highest BCUT2D eigenvalue weighted by Gasteiger charge is 2.24. The molecule has 7 heteroatoms. The number of piperidine rings is 1. The van der Waals surface area contributed by atoms with Gasteiger partial charge in [-0.3, -0.25) is 9.36 Å². The highest BCUT2D eigenvalue weighted by Crippen LogP contribution is 2.26. The first-order chi connectivity index (χ1) is 12.7. The Kier molecular flexibility index (Phi) is 4.51. The molecule has 1 aliphatic rings. The summed E-state index contributed by atoms with van der Waals surface area (Å²) < 4.78 is 1.64. The molecule has 1 amide bonds. The van der Waals surface area contributed by atoms with E-state index in [9.17, 15) is 9.59 Å². The van der Waals surface area contributed by atoms with Crippen LogP contribution in [-0.2, 0) is 11.3 Å². The van der Waals surface area contributed by atoms with E-state index in [2.05, 4.69) is 15.0 Å². The van der Waals surface area contributed by atoms with Crippen LogP contribution in [-0.4, -0.2) is 43.4 Å². The van der Waals surface area contributed by atoms with Crippen LogP contribution in [0.2, 0.25) is 0 Å².